The average Bonchev–Trinajstić information content (AvgIpc) is 3.14. The SMILES string of the molecule is Cc1ccc(NCc2ccn(C3CCC3)n2)cc1N1CCOC1=O. The molecule has 0 unspecified atom stereocenters. The van der Waals surface area contributed by atoms with Gasteiger partial charge in [0.2, 0.25) is 0 Å². The van der Waals surface area contributed by atoms with Crippen LogP contribution < -0.4 is 10.2 Å². The second kappa shape index (κ2) is 6.19. The molecule has 24 heavy (non-hydrogen) atoms. The molecule has 1 aromatic carbocycles. The number of aryl methyl sites for hydroxylation is 1. The Morgan fingerprint density at radius 3 is 2.92 bits per heavy atom. The maximum atomic E-state index is 11.8. The van der Waals surface area contributed by atoms with Crippen LogP contribution in [-0.4, -0.2) is 29.0 Å². The van der Waals surface area contributed by atoms with Crippen LogP contribution in [0.25, 0.3) is 0 Å². The highest BCUT2D eigenvalue weighted by molar-refractivity contribution is 5.91. The molecule has 0 spiro atoms. The van der Waals surface area contributed by atoms with Gasteiger partial charge in [0, 0.05) is 11.9 Å². The third-order valence-corrected chi connectivity index (χ3v) is 4.85. The highest BCUT2D eigenvalue weighted by Crippen LogP contribution is 2.31. The number of rotatable bonds is 5. The molecule has 1 aliphatic carbocycles. The lowest BCUT2D eigenvalue weighted by molar-refractivity contribution is 0.181. The molecule has 2 aliphatic rings. The van der Waals surface area contributed by atoms with Gasteiger partial charge in [-0.3, -0.25) is 9.58 Å². The van der Waals surface area contributed by atoms with Gasteiger partial charge in [-0.1, -0.05) is 6.07 Å². The predicted molar refractivity (Wildman–Crippen MR) is 92.3 cm³/mol. The molecule has 1 saturated carbocycles. The number of cyclic esters (lactones) is 1. The first-order chi connectivity index (χ1) is 11.7. The Kier molecular flexibility index (Phi) is 3.88. The number of carbonyl (C=O) groups excluding carboxylic acids is 1. The summed E-state index contributed by atoms with van der Waals surface area (Å²) in [5.41, 5.74) is 3.98. The van der Waals surface area contributed by atoms with Gasteiger partial charge in [0.25, 0.3) is 0 Å². The molecule has 1 saturated heterocycles. The van der Waals surface area contributed by atoms with E-state index in [1.807, 2.05) is 25.1 Å². The zero-order chi connectivity index (χ0) is 16.5. The molecular formula is C18H22N4O2. The highest BCUT2D eigenvalue weighted by Gasteiger charge is 2.25. The minimum absolute atomic E-state index is 0.269. The Morgan fingerprint density at radius 2 is 2.21 bits per heavy atom. The molecule has 2 fully saturated rings. The van der Waals surface area contributed by atoms with Gasteiger partial charge < -0.3 is 10.1 Å². The van der Waals surface area contributed by atoms with Crippen LogP contribution in [0.5, 0.6) is 0 Å². The van der Waals surface area contributed by atoms with Gasteiger partial charge >= 0.3 is 6.09 Å². The van der Waals surface area contributed by atoms with E-state index in [1.54, 1.807) is 4.90 Å². The predicted octanol–water partition coefficient (Wildman–Crippen LogP) is 3.49. The van der Waals surface area contributed by atoms with E-state index in [4.69, 9.17) is 4.74 Å². The molecule has 0 bridgehead atoms. The number of anilines is 2. The van der Waals surface area contributed by atoms with E-state index in [0.717, 1.165) is 22.6 Å². The van der Waals surface area contributed by atoms with Gasteiger partial charge in [-0.25, -0.2) is 4.79 Å². The molecular weight excluding hydrogens is 304 g/mol. The fourth-order valence-electron chi connectivity index (χ4n) is 3.14. The smallest absolute Gasteiger partial charge is 0.414 e. The number of carbonyl (C=O) groups is 1. The molecule has 126 valence electrons. The fourth-order valence-corrected chi connectivity index (χ4v) is 3.14. The van der Waals surface area contributed by atoms with Crippen LogP contribution >= 0.6 is 0 Å². The standard InChI is InChI=1S/C18H22N4O2/c1-13-5-6-14(11-17(13)21-9-10-24-18(21)23)19-12-15-7-8-22(20-15)16-3-2-4-16/h5-8,11,16,19H,2-4,9-10,12H2,1H3. The molecule has 1 amide bonds. The number of aromatic nitrogens is 2. The summed E-state index contributed by atoms with van der Waals surface area (Å²) in [6.07, 6.45) is 5.59. The molecule has 0 radical (unpaired) electrons. The van der Waals surface area contributed by atoms with Crippen molar-refractivity contribution in [3.05, 3.63) is 41.7 Å². The van der Waals surface area contributed by atoms with E-state index in [1.165, 1.54) is 19.3 Å². The van der Waals surface area contributed by atoms with Crippen LogP contribution in [-0.2, 0) is 11.3 Å². The largest absolute Gasteiger partial charge is 0.447 e. The van der Waals surface area contributed by atoms with E-state index in [0.29, 0.717) is 25.7 Å². The minimum atomic E-state index is -0.269. The summed E-state index contributed by atoms with van der Waals surface area (Å²) >= 11 is 0. The quantitative estimate of drug-likeness (QED) is 0.914. The van der Waals surface area contributed by atoms with E-state index < -0.39 is 0 Å². The molecule has 1 N–H and O–H groups in total. The Balaban J connectivity index is 1.44. The zero-order valence-electron chi connectivity index (χ0n) is 13.9. The normalized spacial score (nSPS) is 17.7. The van der Waals surface area contributed by atoms with E-state index >= 15 is 0 Å². The second-order valence-electron chi connectivity index (χ2n) is 6.49. The molecule has 2 heterocycles. The lowest BCUT2D eigenvalue weighted by atomic mass is 9.93. The molecule has 2 aromatic rings. The second-order valence-corrected chi connectivity index (χ2v) is 6.49. The molecule has 4 rings (SSSR count). The Bertz CT molecular complexity index is 751. The van der Waals surface area contributed by atoms with Crippen LogP contribution in [0, 0.1) is 6.92 Å². The van der Waals surface area contributed by atoms with Gasteiger partial charge in [0.05, 0.1) is 30.5 Å². The topological polar surface area (TPSA) is 59.4 Å². The summed E-state index contributed by atoms with van der Waals surface area (Å²) in [5, 5.41) is 8.05. The first kappa shape index (κ1) is 15.1. The van der Waals surface area contributed by atoms with Gasteiger partial charge in [-0.05, 0) is 49.9 Å². The molecule has 6 nitrogen and oxygen atoms in total. The molecule has 6 heteroatoms. The van der Waals surface area contributed by atoms with Crippen LogP contribution in [0.15, 0.2) is 30.5 Å². The maximum Gasteiger partial charge on any atom is 0.414 e. The van der Waals surface area contributed by atoms with E-state index in [9.17, 15) is 4.79 Å². The number of ether oxygens (including phenoxy) is 1. The first-order valence-electron chi connectivity index (χ1n) is 8.53. The van der Waals surface area contributed by atoms with Crippen molar-refractivity contribution in [1.29, 1.82) is 0 Å². The van der Waals surface area contributed by atoms with Gasteiger partial charge in [0.1, 0.15) is 6.61 Å². The van der Waals surface area contributed by atoms with Crippen LogP contribution in [0.3, 0.4) is 0 Å². The summed E-state index contributed by atoms with van der Waals surface area (Å²) in [5.74, 6) is 0. The summed E-state index contributed by atoms with van der Waals surface area (Å²) in [6, 6.07) is 8.72. The lowest BCUT2D eigenvalue weighted by Crippen LogP contribution is -2.24. The molecule has 1 aliphatic heterocycles. The fraction of sp³-hybridized carbons (Fsp3) is 0.444. The summed E-state index contributed by atoms with van der Waals surface area (Å²) in [4.78, 5) is 13.5. The van der Waals surface area contributed by atoms with Crippen molar-refractivity contribution in [2.24, 2.45) is 0 Å². The van der Waals surface area contributed by atoms with Crippen molar-refractivity contribution in [3.63, 3.8) is 0 Å². The van der Waals surface area contributed by atoms with Crippen molar-refractivity contribution >= 4 is 17.5 Å². The number of nitrogens with zero attached hydrogens (tertiary/aromatic N) is 3. The number of hydrogen-bond acceptors (Lipinski definition) is 4. The van der Waals surface area contributed by atoms with E-state index in [2.05, 4.69) is 27.4 Å². The first-order valence-corrected chi connectivity index (χ1v) is 8.53. The number of benzene rings is 1. The van der Waals surface area contributed by atoms with Crippen molar-refractivity contribution < 1.29 is 9.53 Å². The summed E-state index contributed by atoms with van der Waals surface area (Å²) in [6.45, 7) is 3.74. The van der Waals surface area contributed by atoms with Gasteiger partial charge in [0.15, 0.2) is 0 Å². The van der Waals surface area contributed by atoms with Crippen LogP contribution in [0.4, 0.5) is 16.2 Å². The monoisotopic (exact) mass is 326 g/mol. The van der Waals surface area contributed by atoms with Crippen molar-refractivity contribution in [2.45, 2.75) is 38.8 Å². The Labute approximate surface area is 141 Å². The van der Waals surface area contributed by atoms with Crippen LogP contribution in [0.2, 0.25) is 0 Å². The maximum absolute atomic E-state index is 11.8. The lowest BCUT2D eigenvalue weighted by Gasteiger charge is -2.25. The Morgan fingerprint density at radius 1 is 1.33 bits per heavy atom. The zero-order valence-corrected chi connectivity index (χ0v) is 13.9. The van der Waals surface area contributed by atoms with Gasteiger partial charge in [-0.2, -0.15) is 5.10 Å². The summed E-state index contributed by atoms with van der Waals surface area (Å²) in [7, 11) is 0. The third kappa shape index (κ3) is 2.84. The number of amides is 1. The van der Waals surface area contributed by atoms with E-state index in [-0.39, 0.29) is 6.09 Å². The number of nitrogens with one attached hydrogen (secondary N) is 1. The van der Waals surface area contributed by atoms with Crippen molar-refractivity contribution in [1.82, 2.24) is 9.78 Å². The van der Waals surface area contributed by atoms with Gasteiger partial charge in [-0.15, -0.1) is 0 Å². The number of hydrogen-bond donors (Lipinski definition) is 1. The highest BCUT2D eigenvalue weighted by atomic mass is 16.6. The molecule has 1 aromatic heterocycles. The summed E-state index contributed by atoms with van der Waals surface area (Å²) < 4.78 is 7.12. The minimum Gasteiger partial charge on any atom is -0.447 e. The van der Waals surface area contributed by atoms with Crippen molar-refractivity contribution in [3.8, 4) is 0 Å². The Hall–Kier alpha value is -2.50. The average molecular weight is 326 g/mol. The molecule has 0 atom stereocenters. The third-order valence-electron chi connectivity index (χ3n) is 4.85. The van der Waals surface area contributed by atoms with Crippen molar-refractivity contribution in [2.75, 3.05) is 23.4 Å². The van der Waals surface area contributed by atoms with Crippen LogP contribution in [0.1, 0.15) is 36.6 Å².